The van der Waals surface area contributed by atoms with Gasteiger partial charge >= 0.3 is 0 Å². The Labute approximate surface area is 147 Å². The summed E-state index contributed by atoms with van der Waals surface area (Å²) < 4.78 is 25.3. The number of sulfonamides is 1. The van der Waals surface area contributed by atoms with Crippen molar-refractivity contribution >= 4 is 27.3 Å². The third kappa shape index (κ3) is 4.58. The van der Waals surface area contributed by atoms with Crippen LogP contribution in [0.1, 0.15) is 16.7 Å². The highest BCUT2D eigenvalue weighted by atomic mass is 32.2. The third-order valence-corrected chi connectivity index (χ3v) is 4.93. The second-order valence-electron chi connectivity index (χ2n) is 5.74. The van der Waals surface area contributed by atoms with Gasteiger partial charge in [0, 0.05) is 0 Å². The number of rotatable bonds is 5. The highest BCUT2D eigenvalue weighted by Crippen LogP contribution is 2.21. The molecule has 0 aliphatic rings. The van der Waals surface area contributed by atoms with Crippen LogP contribution >= 0.6 is 0 Å². The summed E-state index contributed by atoms with van der Waals surface area (Å²) in [5.74, 6) is -0.522. The van der Waals surface area contributed by atoms with Gasteiger partial charge in [-0.1, -0.05) is 18.2 Å². The zero-order valence-electron chi connectivity index (χ0n) is 14.3. The molecular weight excluding hydrogens is 338 g/mol. The molecular formula is C18H19N3O3S. The molecule has 0 unspecified atom stereocenters. The van der Waals surface area contributed by atoms with Gasteiger partial charge in [0.25, 0.3) is 0 Å². The van der Waals surface area contributed by atoms with Gasteiger partial charge in [-0.05, 0) is 49.2 Å². The fraction of sp³-hybridized carbons (Fsp3) is 0.222. The molecule has 6 nitrogen and oxygen atoms in total. The quantitative estimate of drug-likeness (QED) is 0.890. The number of nitrogens with one attached hydrogen (secondary N) is 1. The Kier molecular flexibility index (Phi) is 5.45. The summed E-state index contributed by atoms with van der Waals surface area (Å²) in [6.45, 7) is 3.43. The summed E-state index contributed by atoms with van der Waals surface area (Å²) in [4.78, 5) is 12.3. The number of hydrogen-bond donors (Lipinski definition) is 1. The van der Waals surface area contributed by atoms with Crippen LogP contribution in [0.15, 0.2) is 42.5 Å². The van der Waals surface area contributed by atoms with Gasteiger partial charge in [0.15, 0.2) is 0 Å². The second-order valence-corrected chi connectivity index (χ2v) is 7.65. The first-order valence-corrected chi connectivity index (χ1v) is 9.41. The van der Waals surface area contributed by atoms with E-state index >= 15 is 0 Å². The molecule has 130 valence electrons. The maximum absolute atomic E-state index is 12.3. The van der Waals surface area contributed by atoms with Crippen LogP contribution in [0.4, 0.5) is 11.4 Å². The van der Waals surface area contributed by atoms with E-state index in [0.29, 0.717) is 16.9 Å². The minimum Gasteiger partial charge on any atom is -0.323 e. The standard InChI is InChI=1S/C18H19N3O3S/c1-13-8-9-16(10-14(13)2)21(25(3,23)24)12-18(22)20-17-7-5-4-6-15(17)11-19/h4-10H,12H2,1-3H3,(H,20,22). The molecule has 0 bridgehead atoms. The maximum atomic E-state index is 12.3. The van der Waals surface area contributed by atoms with Crippen molar-refractivity contribution in [1.29, 1.82) is 5.26 Å². The molecule has 0 radical (unpaired) electrons. The number of benzene rings is 2. The first-order valence-electron chi connectivity index (χ1n) is 7.56. The van der Waals surface area contributed by atoms with Crippen LogP contribution in [-0.2, 0) is 14.8 Å². The van der Waals surface area contributed by atoms with E-state index in [9.17, 15) is 13.2 Å². The number of hydrogen-bond acceptors (Lipinski definition) is 4. The summed E-state index contributed by atoms with van der Waals surface area (Å²) in [6.07, 6.45) is 1.05. The number of aryl methyl sites for hydroxylation is 2. The molecule has 2 rings (SSSR count). The second kappa shape index (κ2) is 7.36. The summed E-state index contributed by atoms with van der Waals surface area (Å²) in [5, 5.41) is 11.7. The predicted molar refractivity (Wildman–Crippen MR) is 97.9 cm³/mol. The van der Waals surface area contributed by atoms with E-state index < -0.39 is 15.9 Å². The van der Waals surface area contributed by atoms with Crippen molar-refractivity contribution in [3.05, 3.63) is 59.2 Å². The molecule has 0 aliphatic carbocycles. The summed E-state index contributed by atoms with van der Waals surface area (Å²) in [5.41, 5.74) is 3.05. The third-order valence-electron chi connectivity index (χ3n) is 3.79. The Hall–Kier alpha value is -2.85. The van der Waals surface area contributed by atoms with Crippen molar-refractivity contribution in [2.75, 3.05) is 22.4 Å². The number of nitriles is 1. The number of nitrogens with zero attached hydrogens (tertiary/aromatic N) is 2. The first kappa shape index (κ1) is 18.5. The minimum absolute atomic E-state index is 0.313. The van der Waals surface area contributed by atoms with Crippen LogP contribution in [0.25, 0.3) is 0 Å². The molecule has 0 saturated carbocycles. The van der Waals surface area contributed by atoms with Gasteiger partial charge in [-0.3, -0.25) is 9.10 Å². The van der Waals surface area contributed by atoms with Gasteiger partial charge in [0.2, 0.25) is 15.9 Å². The molecule has 0 fully saturated rings. The van der Waals surface area contributed by atoms with E-state index in [1.165, 1.54) is 0 Å². The van der Waals surface area contributed by atoms with Crippen LogP contribution in [0.5, 0.6) is 0 Å². The molecule has 0 saturated heterocycles. The van der Waals surface area contributed by atoms with Gasteiger partial charge in [0.1, 0.15) is 12.6 Å². The van der Waals surface area contributed by atoms with Gasteiger partial charge < -0.3 is 5.32 Å². The van der Waals surface area contributed by atoms with E-state index in [4.69, 9.17) is 5.26 Å². The van der Waals surface area contributed by atoms with Gasteiger partial charge in [0.05, 0.1) is 23.2 Å². The fourth-order valence-corrected chi connectivity index (χ4v) is 3.14. The largest absolute Gasteiger partial charge is 0.323 e. The summed E-state index contributed by atoms with van der Waals surface area (Å²) in [7, 11) is -3.64. The Morgan fingerprint density at radius 3 is 2.44 bits per heavy atom. The fourth-order valence-electron chi connectivity index (χ4n) is 2.29. The van der Waals surface area contributed by atoms with Gasteiger partial charge in [-0.25, -0.2) is 8.42 Å². The smallest absolute Gasteiger partial charge is 0.245 e. The Balaban J connectivity index is 2.27. The zero-order valence-corrected chi connectivity index (χ0v) is 15.1. The van der Waals surface area contributed by atoms with Crippen molar-refractivity contribution in [3.63, 3.8) is 0 Å². The van der Waals surface area contributed by atoms with Crippen LogP contribution in [0, 0.1) is 25.2 Å². The van der Waals surface area contributed by atoms with E-state index in [0.717, 1.165) is 21.7 Å². The maximum Gasteiger partial charge on any atom is 0.245 e. The van der Waals surface area contributed by atoms with Crippen LogP contribution in [0.2, 0.25) is 0 Å². The zero-order chi connectivity index (χ0) is 18.6. The number of anilines is 2. The van der Waals surface area contributed by atoms with Crippen LogP contribution in [-0.4, -0.2) is 27.1 Å². The molecule has 1 N–H and O–H groups in total. The minimum atomic E-state index is -3.64. The first-order chi connectivity index (χ1) is 11.7. The molecule has 2 aromatic rings. The highest BCUT2D eigenvalue weighted by molar-refractivity contribution is 7.92. The lowest BCUT2D eigenvalue weighted by Gasteiger charge is -2.22. The van der Waals surface area contributed by atoms with Gasteiger partial charge in [-0.2, -0.15) is 5.26 Å². The van der Waals surface area contributed by atoms with E-state index in [2.05, 4.69) is 5.32 Å². The lowest BCUT2D eigenvalue weighted by molar-refractivity contribution is -0.114. The molecule has 7 heteroatoms. The number of carbonyl (C=O) groups excluding carboxylic acids is 1. The molecule has 2 aromatic carbocycles. The molecule has 1 amide bonds. The van der Waals surface area contributed by atoms with Crippen molar-refractivity contribution in [2.45, 2.75) is 13.8 Å². The normalized spacial score (nSPS) is 10.8. The number of carbonyl (C=O) groups is 1. The summed E-state index contributed by atoms with van der Waals surface area (Å²) in [6, 6.07) is 13.7. The molecule has 0 aromatic heterocycles. The summed E-state index contributed by atoms with van der Waals surface area (Å²) >= 11 is 0. The molecule has 25 heavy (non-hydrogen) atoms. The van der Waals surface area contributed by atoms with E-state index in [1.807, 2.05) is 26.0 Å². The Morgan fingerprint density at radius 1 is 1.16 bits per heavy atom. The van der Waals surface area contributed by atoms with Crippen LogP contribution in [0.3, 0.4) is 0 Å². The SMILES string of the molecule is Cc1ccc(N(CC(=O)Nc2ccccc2C#N)S(C)(=O)=O)cc1C. The monoisotopic (exact) mass is 357 g/mol. The van der Waals surface area contributed by atoms with Crippen molar-refractivity contribution in [2.24, 2.45) is 0 Å². The lowest BCUT2D eigenvalue weighted by Crippen LogP contribution is -2.37. The molecule has 0 atom stereocenters. The van der Waals surface area contributed by atoms with Gasteiger partial charge in [-0.15, -0.1) is 0 Å². The van der Waals surface area contributed by atoms with Crippen molar-refractivity contribution in [3.8, 4) is 6.07 Å². The van der Waals surface area contributed by atoms with E-state index in [-0.39, 0.29) is 6.54 Å². The average molecular weight is 357 g/mol. The molecule has 0 aliphatic heterocycles. The lowest BCUT2D eigenvalue weighted by atomic mass is 10.1. The van der Waals surface area contributed by atoms with Crippen molar-refractivity contribution in [1.82, 2.24) is 0 Å². The predicted octanol–water partition coefficient (Wildman–Crippen LogP) is 2.58. The molecule has 0 heterocycles. The van der Waals surface area contributed by atoms with Crippen molar-refractivity contribution < 1.29 is 13.2 Å². The number of para-hydroxylation sites is 1. The van der Waals surface area contributed by atoms with Crippen LogP contribution < -0.4 is 9.62 Å². The highest BCUT2D eigenvalue weighted by Gasteiger charge is 2.21. The Morgan fingerprint density at radius 2 is 1.84 bits per heavy atom. The topological polar surface area (TPSA) is 90.3 Å². The Bertz CT molecular complexity index is 946. The number of amides is 1. The average Bonchev–Trinajstić information content (AvgIpc) is 2.55. The molecule has 0 spiro atoms. The van der Waals surface area contributed by atoms with E-state index in [1.54, 1.807) is 36.4 Å².